The number of carboxylic acids is 1. The molecule has 0 spiro atoms. The molecule has 0 aliphatic rings. The number of nitrogens with two attached hydrogens (primary N) is 1. The van der Waals surface area contributed by atoms with E-state index in [-0.39, 0.29) is 31.5 Å². The van der Waals surface area contributed by atoms with Crippen molar-refractivity contribution in [3.05, 3.63) is 101 Å². The molecule has 1 unspecified atom stereocenters. The maximum atomic E-state index is 12.7. The highest BCUT2D eigenvalue weighted by molar-refractivity contribution is 6.04. The van der Waals surface area contributed by atoms with Crippen LogP contribution in [0.2, 0.25) is 0 Å². The minimum atomic E-state index is -1.08. The van der Waals surface area contributed by atoms with Gasteiger partial charge in [0, 0.05) is 29.7 Å². The van der Waals surface area contributed by atoms with Crippen molar-refractivity contribution in [2.24, 2.45) is 5.73 Å². The van der Waals surface area contributed by atoms with Crippen LogP contribution in [0.4, 0.5) is 5.69 Å². The molecule has 1 amide bonds. The number of para-hydroxylation sites is 1. The summed E-state index contributed by atoms with van der Waals surface area (Å²) in [5.41, 5.74) is 9.84. The van der Waals surface area contributed by atoms with Gasteiger partial charge in [0.15, 0.2) is 0 Å². The molecule has 0 saturated heterocycles. The lowest BCUT2D eigenvalue weighted by molar-refractivity contribution is -0.149. The Balaban J connectivity index is 1.43. The number of aliphatic carboxylic acids is 1. The number of aromatic nitrogens is 1. The molecule has 0 saturated carbocycles. The molecule has 1 aromatic heterocycles. The molecule has 0 bridgehead atoms. The fourth-order valence-corrected chi connectivity index (χ4v) is 4.42. The molecule has 1 heterocycles. The Morgan fingerprint density at radius 3 is 2.49 bits per heavy atom. The van der Waals surface area contributed by atoms with Crippen molar-refractivity contribution in [2.45, 2.75) is 52.2 Å². The number of rotatable bonds is 13. The van der Waals surface area contributed by atoms with E-state index in [9.17, 15) is 14.4 Å². The van der Waals surface area contributed by atoms with Crippen LogP contribution in [0.3, 0.4) is 0 Å². The second kappa shape index (κ2) is 14.3. The zero-order valence-corrected chi connectivity index (χ0v) is 24.3. The number of benzene rings is 3. The first-order chi connectivity index (χ1) is 20.6. The van der Waals surface area contributed by atoms with E-state index < -0.39 is 18.0 Å². The third-order valence-corrected chi connectivity index (χ3v) is 6.57. The molecular formula is C33H35N3O7. The summed E-state index contributed by atoms with van der Waals surface area (Å²) in [5.74, 6) is -0.302. The number of carbonyl (C=O) groups excluding carboxylic acids is 2. The van der Waals surface area contributed by atoms with E-state index in [4.69, 9.17) is 24.7 Å². The van der Waals surface area contributed by atoms with E-state index in [0.29, 0.717) is 57.5 Å². The Morgan fingerprint density at radius 1 is 1.00 bits per heavy atom. The second-order valence-corrected chi connectivity index (χ2v) is 10.2. The van der Waals surface area contributed by atoms with Gasteiger partial charge in [-0.25, -0.2) is 9.78 Å². The molecule has 224 valence electrons. The van der Waals surface area contributed by atoms with Gasteiger partial charge in [0.1, 0.15) is 17.6 Å². The van der Waals surface area contributed by atoms with Crippen LogP contribution in [0.1, 0.15) is 59.2 Å². The molecule has 1 atom stereocenters. The topological polar surface area (TPSA) is 154 Å². The number of ether oxygens (including phenoxy) is 2. The van der Waals surface area contributed by atoms with Crippen LogP contribution in [-0.2, 0) is 27.2 Å². The zero-order chi connectivity index (χ0) is 30.9. The average molecular weight is 586 g/mol. The number of carbonyl (C=O) groups is 3. The number of nitrogens with one attached hydrogen (secondary N) is 1. The van der Waals surface area contributed by atoms with E-state index >= 15 is 0 Å². The monoisotopic (exact) mass is 585 g/mol. The van der Waals surface area contributed by atoms with Crippen molar-refractivity contribution >= 4 is 23.5 Å². The summed E-state index contributed by atoms with van der Waals surface area (Å²) in [4.78, 5) is 41.0. The van der Waals surface area contributed by atoms with Gasteiger partial charge < -0.3 is 30.0 Å². The standard InChI is InChI=1S/C33H35N3O7/c1-20(2)42-33(40)30(34)27-19-26(14-12-22(27)13-15-29(37)38)41-17-16-28-21(3)43-32(36-28)24-9-7-8-23(18-24)31(39)35-25-10-5-4-6-11-25/h4-12,14,18-20,30H,13,15-17,34H2,1-3H3,(H,35,39)(H,37,38). The molecule has 10 heteroatoms. The summed E-state index contributed by atoms with van der Waals surface area (Å²) >= 11 is 0. The van der Waals surface area contributed by atoms with Crippen molar-refractivity contribution in [2.75, 3.05) is 11.9 Å². The zero-order valence-electron chi connectivity index (χ0n) is 24.3. The lowest BCUT2D eigenvalue weighted by atomic mass is 9.97. The van der Waals surface area contributed by atoms with Gasteiger partial charge in [-0.1, -0.05) is 30.3 Å². The molecule has 3 aromatic carbocycles. The quantitative estimate of drug-likeness (QED) is 0.173. The number of nitrogens with zero attached hydrogens (tertiary/aromatic N) is 1. The Kier molecular flexibility index (Phi) is 10.3. The first kappa shape index (κ1) is 31.0. The minimum Gasteiger partial charge on any atom is -0.493 e. The van der Waals surface area contributed by atoms with E-state index in [0.717, 1.165) is 0 Å². The molecule has 0 aliphatic carbocycles. The highest BCUT2D eigenvalue weighted by Gasteiger charge is 2.23. The van der Waals surface area contributed by atoms with Crippen LogP contribution in [0.25, 0.3) is 11.5 Å². The minimum absolute atomic E-state index is 0.104. The predicted octanol–water partition coefficient (Wildman–Crippen LogP) is 5.49. The third kappa shape index (κ3) is 8.52. The van der Waals surface area contributed by atoms with Gasteiger partial charge in [0.25, 0.3) is 5.91 Å². The summed E-state index contributed by atoms with van der Waals surface area (Å²) < 4.78 is 17.1. The fraction of sp³-hybridized carbons (Fsp3) is 0.273. The summed E-state index contributed by atoms with van der Waals surface area (Å²) in [7, 11) is 0. The highest BCUT2D eigenvalue weighted by Crippen LogP contribution is 2.27. The normalized spacial score (nSPS) is 11.7. The van der Waals surface area contributed by atoms with Gasteiger partial charge in [-0.05, 0) is 80.8 Å². The van der Waals surface area contributed by atoms with Crippen LogP contribution in [0.5, 0.6) is 5.75 Å². The number of oxazole rings is 1. The van der Waals surface area contributed by atoms with Gasteiger partial charge >= 0.3 is 11.9 Å². The first-order valence-electron chi connectivity index (χ1n) is 14.0. The van der Waals surface area contributed by atoms with E-state index in [1.54, 1.807) is 50.2 Å². The summed E-state index contributed by atoms with van der Waals surface area (Å²) in [5, 5.41) is 12.0. The number of carboxylic acid groups (broad SMARTS) is 1. The van der Waals surface area contributed by atoms with Crippen LogP contribution in [-0.4, -0.2) is 40.6 Å². The van der Waals surface area contributed by atoms with Crippen molar-refractivity contribution in [3.8, 4) is 17.2 Å². The van der Waals surface area contributed by atoms with Crippen molar-refractivity contribution in [3.63, 3.8) is 0 Å². The number of aryl methyl sites for hydroxylation is 2. The van der Waals surface area contributed by atoms with Gasteiger partial charge in [-0.2, -0.15) is 0 Å². The van der Waals surface area contributed by atoms with Crippen LogP contribution in [0.15, 0.2) is 77.2 Å². The largest absolute Gasteiger partial charge is 0.493 e. The summed E-state index contributed by atoms with van der Waals surface area (Å²) in [6, 6.07) is 20.3. The summed E-state index contributed by atoms with van der Waals surface area (Å²) in [6.45, 7) is 5.52. The predicted molar refractivity (Wildman–Crippen MR) is 161 cm³/mol. The second-order valence-electron chi connectivity index (χ2n) is 10.2. The van der Waals surface area contributed by atoms with Gasteiger partial charge in [-0.15, -0.1) is 0 Å². The lowest BCUT2D eigenvalue weighted by Crippen LogP contribution is -2.27. The molecule has 0 radical (unpaired) electrons. The number of anilines is 1. The average Bonchev–Trinajstić information content (AvgIpc) is 3.36. The maximum absolute atomic E-state index is 12.7. The van der Waals surface area contributed by atoms with Gasteiger partial charge in [-0.3, -0.25) is 9.59 Å². The molecule has 0 aliphatic heterocycles. The molecular weight excluding hydrogens is 550 g/mol. The Hall–Kier alpha value is -4.96. The Labute approximate surface area is 249 Å². The number of amides is 1. The van der Waals surface area contributed by atoms with Crippen molar-refractivity contribution < 1.29 is 33.4 Å². The maximum Gasteiger partial charge on any atom is 0.327 e. The highest BCUT2D eigenvalue weighted by atomic mass is 16.5. The Bertz CT molecular complexity index is 1580. The Morgan fingerprint density at radius 2 is 1.77 bits per heavy atom. The molecule has 0 fully saturated rings. The van der Waals surface area contributed by atoms with Gasteiger partial charge in [0.2, 0.25) is 5.89 Å². The molecule has 10 nitrogen and oxygen atoms in total. The van der Waals surface area contributed by atoms with E-state index in [2.05, 4.69) is 10.3 Å². The van der Waals surface area contributed by atoms with E-state index in [1.807, 2.05) is 43.3 Å². The number of hydrogen-bond donors (Lipinski definition) is 3. The van der Waals surface area contributed by atoms with Crippen molar-refractivity contribution in [1.29, 1.82) is 0 Å². The van der Waals surface area contributed by atoms with Crippen LogP contribution in [0, 0.1) is 6.92 Å². The van der Waals surface area contributed by atoms with Gasteiger partial charge in [0.05, 0.1) is 18.4 Å². The molecule has 4 aromatic rings. The SMILES string of the molecule is Cc1oc(-c2cccc(C(=O)Nc3ccccc3)c2)nc1CCOc1ccc(CCC(=O)O)c(C(N)C(=O)OC(C)C)c1. The fourth-order valence-electron chi connectivity index (χ4n) is 4.42. The van der Waals surface area contributed by atoms with Crippen molar-refractivity contribution in [1.82, 2.24) is 4.98 Å². The lowest BCUT2D eigenvalue weighted by Gasteiger charge is -2.18. The number of esters is 1. The van der Waals surface area contributed by atoms with Crippen LogP contribution < -0.4 is 15.8 Å². The van der Waals surface area contributed by atoms with E-state index in [1.165, 1.54) is 0 Å². The first-order valence-corrected chi connectivity index (χ1v) is 14.0. The smallest absolute Gasteiger partial charge is 0.327 e. The van der Waals surface area contributed by atoms with Crippen LogP contribution >= 0.6 is 0 Å². The molecule has 4 rings (SSSR count). The third-order valence-electron chi connectivity index (χ3n) is 6.57. The molecule has 43 heavy (non-hydrogen) atoms. The number of hydrogen-bond acceptors (Lipinski definition) is 8. The molecule has 4 N–H and O–H groups in total. The summed E-state index contributed by atoms with van der Waals surface area (Å²) in [6.07, 6.45) is 0.197.